The molecule has 5 rings (SSSR count). The lowest BCUT2D eigenvalue weighted by Gasteiger charge is -2.32. The third-order valence-corrected chi connectivity index (χ3v) is 6.11. The first-order valence-corrected chi connectivity index (χ1v) is 11.2. The molecule has 0 radical (unpaired) electrons. The molecule has 0 aliphatic carbocycles. The van der Waals surface area contributed by atoms with Crippen molar-refractivity contribution >= 4 is 28.6 Å². The fourth-order valence-electron chi connectivity index (χ4n) is 4.19. The molecule has 4 N–H and O–H groups in total. The van der Waals surface area contributed by atoms with Gasteiger partial charge in [-0.05, 0) is 36.6 Å². The van der Waals surface area contributed by atoms with E-state index in [4.69, 9.17) is 21.1 Å². The van der Waals surface area contributed by atoms with Gasteiger partial charge in [0.15, 0.2) is 23.2 Å². The highest BCUT2D eigenvalue weighted by Gasteiger charge is 2.44. The normalized spacial score (nSPS) is 26.7. The Morgan fingerprint density at radius 2 is 1.88 bits per heavy atom. The quantitative estimate of drug-likeness (QED) is 0.380. The van der Waals surface area contributed by atoms with E-state index >= 15 is 0 Å². The molecule has 0 amide bonds. The molecular weight excluding hydrogens is 452 g/mol. The number of hydrazine groups is 1. The van der Waals surface area contributed by atoms with E-state index in [2.05, 4.69) is 20.4 Å². The first kappa shape index (κ1) is 22.3. The predicted octanol–water partition coefficient (Wildman–Crippen LogP) is 0.961. The van der Waals surface area contributed by atoms with Crippen molar-refractivity contribution in [3.63, 3.8) is 0 Å². The lowest BCUT2D eigenvalue weighted by Crippen LogP contribution is -2.41. The smallest absolute Gasteiger partial charge is 0.226 e. The van der Waals surface area contributed by atoms with E-state index in [1.54, 1.807) is 0 Å². The van der Waals surface area contributed by atoms with Gasteiger partial charge in [-0.3, -0.25) is 4.57 Å². The van der Waals surface area contributed by atoms with Crippen LogP contribution in [0.15, 0.2) is 36.7 Å². The average Bonchev–Trinajstić information content (AvgIpc) is 3.36. The molecular formula is C21H25ClN6O5. The highest BCUT2D eigenvalue weighted by atomic mass is 35.5. The number of nitrogens with one attached hydrogen (secondary N) is 1. The fourth-order valence-corrected chi connectivity index (χ4v) is 4.36. The van der Waals surface area contributed by atoms with Crippen molar-refractivity contribution in [3.8, 4) is 5.75 Å². The van der Waals surface area contributed by atoms with Crippen LogP contribution in [0.4, 0.5) is 5.82 Å². The summed E-state index contributed by atoms with van der Waals surface area (Å²) < 4.78 is 13.1. The topological polar surface area (TPSA) is 138 Å². The van der Waals surface area contributed by atoms with Crippen molar-refractivity contribution in [2.45, 2.75) is 43.5 Å². The second-order valence-corrected chi connectivity index (χ2v) is 8.46. The van der Waals surface area contributed by atoms with Crippen molar-refractivity contribution in [3.05, 3.63) is 41.9 Å². The number of hydrogen-bond donors (Lipinski definition) is 4. The summed E-state index contributed by atoms with van der Waals surface area (Å²) in [6, 6.07) is 9.77. The number of aromatic nitrogens is 4. The number of piperidine rings is 1. The maximum atomic E-state index is 10.4. The van der Waals surface area contributed by atoms with Gasteiger partial charge >= 0.3 is 0 Å². The number of aliphatic hydroxyl groups is 3. The van der Waals surface area contributed by atoms with Crippen LogP contribution in [0.25, 0.3) is 11.2 Å². The van der Waals surface area contributed by atoms with Gasteiger partial charge in [0.1, 0.15) is 30.2 Å². The Morgan fingerprint density at radius 3 is 2.58 bits per heavy atom. The molecule has 2 fully saturated rings. The average molecular weight is 477 g/mol. The highest BCUT2D eigenvalue weighted by molar-refractivity contribution is 6.28. The summed E-state index contributed by atoms with van der Waals surface area (Å²) in [5, 5.41) is 31.8. The Labute approximate surface area is 194 Å². The minimum atomic E-state index is -1.26. The number of anilines is 1. The van der Waals surface area contributed by atoms with Gasteiger partial charge in [0.25, 0.3) is 0 Å². The molecule has 2 saturated heterocycles. The summed E-state index contributed by atoms with van der Waals surface area (Å²) in [5.74, 6) is 1.29. The molecule has 2 unspecified atom stereocenters. The van der Waals surface area contributed by atoms with Crippen LogP contribution in [-0.4, -0.2) is 84.0 Å². The summed E-state index contributed by atoms with van der Waals surface area (Å²) in [5.41, 5.74) is 4.05. The van der Waals surface area contributed by atoms with E-state index in [0.717, 1.165) is 31.7 Å². The van der Waals surface area contributed by atoms with Crippen LogP contribution in [0.2, 0.25) is 5.28 Å². The van der Waals surface area contributed by atoms with Crippen LogP contribution in [0, 0.1) is 0 Å². The molecule has 2 aliphatic rings. The number of halogens is 1. The van der Waals surface area contributed by atoms with Gasteiger partial charge in [-0.1, -0.05) is 18.2 Å². The Kier molecular flexibility index (Phi) is 6.32. The number of imidazole rings is 1. The van der Waals surface area contributed by atoms with Gasteiger partial charge in [-0.25, -0.2) is 9.99 Å². The van der Waals surface area contributed by atoms with Gasteiger partial charge in [0, 0.05) is 13.1 Å². The summed E-state index contributed by atoms with van der Waals surface area (Å²) in [6.45, 7) is 1.04. The van der Waals surface area contributed by atoms with Crippen LogP contribution < -0.4 is 10.2 Å². The van der Waals surface area contributed by atoms with E-state index in [0.29, 0.717) is 17.0 Å². The van der Waals surface area contributed by atoms with Crippen molar-refractivity contribution in [1.29, 1.82) is 0 Å². The van der Waals surface area contributed by atoms with Gasteiger partial charge in [-0.2, -0.15) is 9.97 Å². The van der Waals surface area contributed by atoms with E-state index in [9.17, 15) is 15.3 Å². The molecule has 4 atom stereocenters. The summed E-state index contributed by atoms with van der Waals surface area (Å²) in [7, 11) is 0. The third-order valence-electron chi connectivity index (χ3n) is 5.94. The SMILES string of the molecule is OC[C@H]1O[C@@H](n2cnc3c(NN4CCC(Oc5ccccc5)CC4)nc(Cl)nc32)C(O)C1O. The monoisotopic (exact) mass is 476 g/mol. The van der Waals surface area contributed by atoms with Crippen molar-refractivity contribution in [1.82, 2.24) is 24.5 Å². The first-order valence-electron chi connectivity index (χ1n) is 10.8. The Bertz CT molecular complexity index is 1090. The Balaban J connectivity index is 1.30. The highest BCUT2D eigenvalue weighted by Crippen LogP contribution is 2.33. The lowest BCUT2D eigenvalue weighted by molar-refractivity contribution is -0.0511. The molecule has 12 heteroatoms. The lowest BCUT2D eigenvalue weighted by atomic mass is 10.1. The summed E-state index contributed by atoms with van der Waals surface area (Å²) in [6.07, 6.45) is -1.11. The van der Waals surface area contributed by atoms with E-state index < -0.39 is 31.1 Å². The second-order valence-electron chi connectivity index (χ2n) is 8.12. The molecule has 2 aliphatic heterocycles. The number of hydrogen-bond acceptors (Lipinski definition) is 10. The molecule has 0 saturated carbocycles. The number of rotatable bonds is 6. The molecule has 176 valence electrons. The zero-order chi connectivity index (χ0) is 22.9. The zero-order valence-corrected chi connectivity index (χ0v) is 18.4. The fraction of sp³-hybridized carbons (Fsp3) is 0.476. The van der Waals surface area contributed by atoms with E-state index in [-0.39, 0.29) is 11.4 Å². The largest absolute Gasteiger partial charge is 0.490 e. The molecule has 0 bridgehead atoms. The van der Waals surface area contributed by atoms with Crippen molar-refractivity contribution < 1.29 is 24.8 Å². The number of nitrogens with zero attached hydrogens (tertiary/aromatic N) is 5. The summed E-state index contributed by atoms with van der Waals surface area (Å²) >= 11 is 6.18. The van der Waals surface area contributed by atoms with Crippen LogP contribution >= 0.6 is 11.6 Å². The molecule has 3 aromatic rings. The van der Waals surface area contributed by atoms with Gasteiger partial charge in [0.2, 0.25) is 5.28 Å². The molecule has 33 heavy (non-hydrogen) atoms. The standard InChI is InChI=1S/C21H25ClN6O5/c22-21-24-18(26-27-8-6-13(7-9-27)32-12-4-2-1-3-5-12)15-19(25-21)28(11-23-15)20-17(31)16(30)14(10-29)33-20/h1-5,11,13-14,16-17,20,29-31H,6-10H2,(H,24,25,26)/t14-,16?,17?,20-/m1/s1. The second kappa shape index (κ2) is 9.37. The summed E-state index contributed by atoms with van der Waals surface area (Å²) in [4.78, 5) is 12.9. The molecule has 0 spiro atoms. The number of fused-ring (bicyclic) bond motifs is 1. The minimum Gasteiger partial charge on any atom is -0.490 e. The van der Waals surface area contributed by atoms with Gasteiger partial charge < -0.3 is 30.2 Å². The van der Waals surface area contributed by atoms with Gasteiger partial charge in [0.05, 0.1) is 12.9 Å². The molecule has 4 heterocycles. The molecule has 11 nitrogen and oxygen atoms in total. The molecule has 2 aromatic heterocycles. The van der Waals surface area contributed by atoms with Crippen LogP contribution in [-0.2, 0) is 4.74 Å². The van der Waals surface area contributed by atoms with Crippen LogP contribution in [0.1, 0.15) is 19.1 Å². The maximum Gasteiger partial charge on any atom is 0.226 e. The predicted molar refractivity (Wildman–Crippen MR) is 119 cm³/mol. The Morgan fingerprint density at radius 1 is 1.12 bits per heavy atom. The number of para-hydroxylation sites is 1. The number of benzene rings is 1. The zero-order valence-electron chi connectivity index (χ0n) is 17.7. The molecule has 1 aromatic carbocycles. The van der Waals surface area contributed by atoms with Crippen LogP contribution in [0.5, 0.6) is 5.75 Å². The van der Waals surface area contributed by atoms with E-state index in [1.807, 2.05) is 35.3 Å². The van der Waals surface area contributed by atoms with Crippen molar-refractivity contribution in [2.24, 2.45) is 0 Å². The van der Waals surface area contributed by atoms with Crippen molar-refractivity contribution in [2.75, 3.05) is 25.1 Å². The third kappa shape index (κ3) is 4.47. The van der Waals surface area contributed by atoms with Gasteiger partial charge in [-0.15, -0.1) is 0 Å². The minimum absolute atomic E-state index is 0.000732. The number of ether oxygens (including phenoxy) is 2. The first-order chi connectivity index (χ1) is 16.0. The van der Waals surface area contributed by atoms with Crippen LogP contribution in [0.3, 0.4) is 0 Å². The maximum absolute atomic E-state index is 10.4. The Hall–Kier alpha value is -2.54. The van der Waals surface area contributed by atoms with E-state index in [1.165, 1.54) is 10.9 Å². The number of aliphatic hydroxyl groups excluding tert-OH is 3.